The summed E-state index contributed by atoms with van der Waals surface area (Å²) in [5, 5.41) is 0. The molecule has 0 unspecified atom stereocenters. The van der Waals surface area contributed by atoms with Crippen molar-refractivity contribution >= 4 is 0 Å². The van der Waals surface area contributed by atoms with Crippen molar-refractivity contribution in [3.05, 3.63) is 0 Å². The maximum atomic E-state index is 0. The summed E-state index contributed by atoms with van der Waals surface area (Å²) in [4.78, 5) is 0. The summed E-state index contributed by atoms with van der Waals surface area (Å²) in [6.45, 7) is 0. The molecule has 0 aromatic rings. The second-order valence-corrected chi connectivity index (χ2v) is 0. The van der Waals surface area contributed by atoms with Crippen LogP contribution in [-0.2, 0) is 19.5 Å². The fourth-order valence-electron chi connectivity index (χ4n) is 0. The molecule has 0 bridgehead atoms. The van der Waals surface area contributed by atoms with Gasteiger partial charge in [-0.3, -0.25) is 0 Å². The quantitative estimate of drug-likeness (QED) is 0.308. The minimum Gasteiger partial charge on any atom is -1.00 e. The van der Waals surface area contributed by atoms with Crippen LogP contribution in [-0.4, -0.2) is 0 Å². The van der Waals surface area contributed by atoms with E-state index in [0.29, 0.717) is 0 Å². The third kappa shape index (κ3) is 22.5. The largest absolute Gasteiger partial charge is 2.00 e. The van der Waals surface area contributed by atoms with Crippen LogP contribution >= 0.6 is 0 Å². The second kappa shape index (κ2) is 34.3. The molecule has 0 radical (unpaired) electrons. The Morgan fingerprint density at radius 3 is 0.600 bits per heavy atom. The smallest absolute Gasteiger partial charge is 1.00 e. The first-order valence-corrected chi connectivity index (χ1v) is 0. The molecule has 5 heteroatoms. The molecule has 0 aromatic heterocycles. The Hall–Kier alpha value is 2.22. The van der Waals surface area contributed by atoms with Gasteiger partial charge in [0.1, 0.15) is 0 Å². The monoisotopic (exact) mass is 298 g/mol. The zero-order valence-electron chi connectivity index (χ0n) is 2.29. The van der Waals surface area contributed by atoms with Crippen LogP contribution in [0.4, 0.5) is 0 Å². The van der Waals surface area contributed by atoms with Gasteiger partial charge in [0.05, 0.1) is 0 Å². The van der Waals surface area contributed by atoms with Gasteiger partial charge in [-0.05, 0) is 0 Å². The Bertz CT molecular complexity index is 6.85. The van der Waals surface area contributed by atoms with E-state index in [1.54, 1.807) is 0 Å². The molecule has 0 saturated heterocycles. The second-order valence-electron chi connectivity index (χ2n) is 0. The van der Waals surface area contributed by atoms with Gasteiger partial charge < -0.3 is 37.2 Å². The molecular weight excluding hydrogens is 299 g/mol. The molecule has 0 aromatic carbocycles. The fraction of sp³-hybridized carbons (Fsp3) is 0. The Kier molecular flexibility index (Phi) is 389. The van der Waals surface area contributed by atoms with E-state index in [4.69, 9.17) is 0 Å². The molecule has 32 valence electrons. The van der Waals surface area contributed by atoms with E-state index in [2.05, 4.69) is 0 Å². The van der Waals surface area contributed by atoms with Gasteiger partial charge in [0.15, 0.2) is 0 Å². The van der Waals surface area contributed by atoms with Gasteiger partial charge in [-0.15, -0.1) is 0 Å². The first-order chi connectivity index (χ1) is 0. The summed E-state index contributed by atoms with van der Waals surface area (Å²) in [5.74, 6) is 0. The topological polar surface area (TPSA) is 0 Å². The molecule has 0 heterocycles. The molecule has 0 rings (SSSR count). The molecule has 0 atom stereocenters. The van der Waals surface area contributed by atoms with Gasteiger partial charge >= 0.3 is 19.5 Å². The standard InChI is InChI=1S/3ClH.H2I.Zn/h3*1H;1H2;/q;;;+1;+2/p-3. The molecular formula is H2Cl3IZn. The molecule has 0 aliphatic carbocycles. The van der Waals surface area contributed by atoms with Gasteiger partial charge in [-0.25, -0.2) is 0 Å². The summed E-state index contributed by atoms with van der Waals surface area (Å²) >= 11 is 0. The Balaban J connectivity index is 0. The molecule has 0 saturated carbocycles. The summed E-state index contributed by atoms with van der Waals surface area (Å²) in [6, 6.07) is 0. The number of rotatable bonds is 0. The van der Waals surface area contributed by atoms with Gasteiger partial charge in [0.2, 0.25) is 24.0 Å². The average molecular weight is 301 g/mol. The maximum absolute atomic E-state index is 0. The predicted octanol–water partition coefficient (Wildman–Crippen LogP) is -12.5. The van der Waals surface area contributed by atoms with Crippen molar-refractivity contribution < 1.29 is 80.7 Å². The van der Waals surface area contributed by atoms with E-state index in [0.717, 1.165) is 0 Å². The Morgan fingerprint density at radius 1 is 0.600 bits per heavy atom. The van der Waals surface area contributed by atoms with E-state index < -0.39 is 0 Å². The third-order valence-corrected chi connectivity index (χ3v) is 0. The fourth-order valence-corrected chi connectivity index (χ4v) is 0. The minimum atomic E-state index is 0. The van der Waals surface area contributed by atoms with Crippen molar-refractivity contribution in [3.8, 4) is 0 Å². The third-order valence-electron chi connectivity index (χ3n) is 0. The van der Waals surface area contributed by atoms with Crippen molar-refractivity contribution in [1.29, 1.82) is 0 Å². The van der Waals surface area contributed by atoms with E-state index in [9.17, 15) is 0 Å². The van der Waals surface area contributed by atoms with Crippen molar-refractivity contribution in [2.45, 2.75) is 0 Å². The van der Waals surface area contributed by atoms with Crippen LogP contribution in [0.1, 0.15) is 0 Å². The van der Waals surface area contributed by atoms with Gasteiger partial charge in [0, 0.05) is 0 Å². The van der Waals surface area contributed by atoms with Crippen LogP contribution in [0.25, 0.3) is 0 Å². The maximum Gasteiger partial charge on any atom is 2.00 e. The van der Waals surface area contributed by atoms with Crippen LogP contribution < -0.4 is 61.2 Å². The van der Waals surface area contributed by atoms with E-state index in [-0.39, 0.29) is 80.7 Å². The molecule has 0 spiro atoms. The first-order valence-electron chi connectivity index (χ1n) is 0. The van der Waals surface area contributed by atoms with E-state index in [1.807, 2.05) is 0 Å². The van der Waals surface area contributed by atoms with Gasteiger partial charge in [-0.1, -0.05) is 0 Å². The minimum absolute atomic E-state index is 0. The molecule has 0 fully saturated rings. The molecule has 0 aliphatic heterocycles. The Morgan fingerprint density at radius 2 is 0.600 bits per heavy atom. The van der Waals surface area contributed by atoms with E-state index >= 15 is 0 Å². The molecule has 0 nitrogen and oxygen atoms in total. The van der Waals surface area contributed by atoms with Crippen LogP contribution in [0.5, 0.6) is 0 Å². The molecule has 0 N–H and O–H groups in total. The van der Waals surface area contributed by atoms with Gasteiger partial charge in [0.25, 0.3) is 0 Å². The van der Waals surface area contributed by atoms with Crippen LogP contribution in [0, 0.1) is 0 Å². The molecule has 5 heavy (non-hydrogen) atoms. The zero-order chi connectivity index (χ0) is 0. The molecule has 0 amide bonds. The van der Waals surface area contributed by atoms with Gasteiger partial charge in [-0.2, -0.15) is 0 Å². The van der Waals surface area contributed by atoms with Crippen molar-refractivity contribution in [3.63, 3.8) is 0 Å². The van der Waals surface area contributed by atoms with Crippen LogP contribution in [0.2, 0.25) is 0 Å². The van der Waals surface area contributed by atoms with Crippen molar-refractivity contribution in [2.75, 3.05) is 0 Å². The van der Waals surface area contributed by atoms with E-state index in [1.165, 1.54) is 0 Å². The van der Waals surface area contributed by atoms with Crippen molar-refractivity contribution in [2.24, 2.45) is 0 Å². The number of hydrogen-bond donors (Lipinski definition) is 0. The zero-order valence-corrected chi connectivity index (χ0v) is 10.1. The molecule has 0 aliphatic rings. The number of hydrogen-bond acceptors (Lipinski definition) is 0. The average Bonchev–Trinajstić information content (AvgIpc) is 0. The summed E-state index contributed by atoms with van der Waals surface area (Å²) in [7, 11) is 0. The van der Waals surface area contributed by atoms with Crippen molar-refractivity contribution in [1.82, 2.24) is 0 Å². The van der Waals surface area contributed by atoms with Crippen LogP contribution in [0.15, 0.2) is 0 Å². The summed E-state index contributed by atoms with van der Waals surface area (Å²) in [5.41, 5.74) is 0. The SMILES string of the molecule is [Cl-].[Cl-].[Cl-].[IH2+].[Zn+2]. The number of halogens is 4. The summed E-state index contributed by atoms with van der Waals surface area (Å²) < 4.78 is 0. The predicted molar refractivity (Wildman–Crippen MR) is 2.79 cm³/mol. The first kappa shape index (κ1) is 56.6. The summed E-state index contributed by atoms with van der Waals surface area (Å²) in [6.07, 6.45) is 0. The van der Waals surface area contributed by atoms with Crippen LogP contribution in [0.3, 0.4) is 0 Å². The Labute approximate surface area is 79.9 Å². The normalized spacial score (nSPS) is 0.